The molecule has 0 saturated carbocycles. The van der Waals surface area contributed by atoms with E-state index in [2.05, 4.69) is 20.7 Å². The first-order valence-electron chi connectivity index (χ1n) is 5.99. The van der Waals surface area contributed by atoms with Crippen LogP contribution in [-0.4, -0.2) is 8.42 Å². The first-order chi connectivity index (χ1) is 9.79. The van der Waals surface area contributed by atoms with Crippen molar-refractivity contribution in [2.24, 2.45) is 0 Å². The Morgan fingerprint density at radius 3 is 2.43 bits per heavy atom. The van der Waals surface area contributed by atoms with Gasteiger partial charge < -0.3 is 0 Å². The number of nitrogens with one attached hydrogen (secondary N) is 1. The van der Waals surface area contributed by atoms with E-state index in [-0.39, 0.29) is 11.4 Å². The molecule has 2 rings (SSSR count). The summed E-state index contributed by atoms with van der Waals surface area (Å²) in [6, 6.07) is 8.09. The van der Waals surface area contributed by atoms with Crippen molar-refractivity contribution in [3.63, 3.8) is 0 Å². The molecule has 3 nitrogen and oxygen atoms in total. The summed E-state index contributed by atoms with van der Waals surface area (Å²) >= 11 is 3.20. The number of sulfonamides is 1. The lowest BCUT2D eigenvalue weighted by molar-refractivity contribution is 0.506. The largest absolute Gasteiger partial charge is 0.241 e. The van der Waals surface area contributed by atoms with Crippen LogP contribution in [0.3, 0.4) is 0 Å². The van der Waals surface area contributed by atoms with Crippen molar-refractivity contribution in [3.05, 3.63) is 63.6 Å². The molecule has 0 spiro atoms. The minimum absolute atomic E-state index is 0.0932. The predicted octanol–water partition coefficient (Wildman–Crippen LogP) is 3.51. The molecule has 0 atom stereocenters. The number of rotatable bonds is 4. The van der Waals surface area contributed by atoms with E-state index in [9.17, 15) is 17.2 Å². The molecule has 0 amide bonds. The molecule has 0 radical (unpaired) electrons. The normalized spacial score (nSPS) is 11.6. The first kappa shape index (κ1) is 16.1. The van der Waals surface area contributed by atoms with Gasteiger partial charge in [-0.3, -0.25) is 0 Å². The lowest BCUT2D eigenvalue weighted by Crippen LogP contribution is -2.23. The van der Waals surface area contributed by atoms with Crippen LogP contribution in [0.1, 0.15) is 11.1 Å². The minimum Gasteiger partial charge on any atom is -0.207 e. The smallest absolute Gasteiger partial charge is 0.207 e. The standard InChI is InChI=1S/C14H12BrF2NO2S/c1-9-2-5-14(11(15)6-9)21(19,20)18-8-10-3-4-12(16)13(17)7-10/h2-7,18H,8H2,1H3. The van der Waals surface area contributed by atoms with Crippen molar-refractivity contribution in [1.82, 2.24) is 4.72 Å². The van der Waals surface area contributed by atoms with Crippen LogP contribution in [0.15, 0.2) is 45.8 Å². The molecule has 7 heteroatoms. The average Bonchev–Trinajstić information content (AvgIpc) is 2.40. The van der Waals surface area contributed by atoms with Gasteiger partial charge in [-0.2, -0.15) is 0 Å². The van der Waals surface area contributed by atoms with Crippen LogP contribution in [0.4, 0.5) is 8.78 Å². The number of hydrogen-bond acceptors (Lipinski definition) is 2. The molecule has 0 aliphatic heterocycles. The maximum Gasteiger partial charge on any atom is 0.241 e. The van der Waals surface area contributed by atoms with Crippen molar-refractivity contribution in [3.8, 4) is 0 Å². The Labute approximate surface area is 130 Å². The van der Waals surface area contributed by atoms with Gasteiger partial charge in [0.1, 0.15) is 0 Å². The fourth-order valence-corrected chi connectivity index (χ4v) is 3.94. The number of aryl methyl sites for hydroxylation is 1. The summed E-state index contributed by atoms with van der Waals surface area (Å²) in [5, 5.41) is 0. The van der Waals surface area contributed by atoms with Crippen molar-refractivity contribution in [2.75, 3.05) is 0 Å². The summed E-state index contributed by atoms with van der Waals surface area (Å²) in [4.78, 5) is 0.0932. The third-order valence-electron chi connectivity index (χ3n) is 2.83. The molecule has 0 fully saturated rings. The monoisotopic (exact) mass is 375 g/mol. The molecule has 21 heavy (non-hydrogen) atoms. The molecular weight excluding hydrogens is 364 g/mol. The van der Waals surface area contributed by atoms with Gasteiger partial charge in [-0.1, -0.05) is 12.1 Å². The van der Waals surface area contributed by atoms with E-state index >= 15 is 0 Å². The summed E-state index contributed by atoms with van der Waals surface area (Å²) in [5.74, 6) is -1.98. The van der Waals surface area contributed by atoms with Gasteiger partial charge in [0, 0.05) is 11.0 Å². The van der Waals surface area contributed by atoms with Crippen LogP contribution in [-0.2, 0) is 16.6 Å². The molecule has 0 heterocycles. The highest BCUT2D eigenvalue weighted by Crippen LogP contribution is 2.23. The van der Waals surface area contributed by atoms with Crippen LogP contribution in [0.5, 0.6) is 0 Å². The van der Waals surface area contributed by atoms with Crippen molar-refractivity contribution in [2.45, 2.75) is 18.4 Å². The van der Waals surface area contributed by atoms with Gasteiger partial charge in [0.15, 0.2) is 11.6 Å². The quantitative estimate of drug-likeness (QED) is 0.888. The van der Waals surface area contributed by atoms with Gasteiger partial charge >= 0.3 is 0 Å². The summed E-state index contributed by atoms with van der Waals surface area (Å²) < 4.78 is 53.0. The van der Waals surface area contributed by atoms with Gasteiger partial charge in [0.05, 0.1) is 4.90 Å². The zero-order chi connectivity index (χ0) is 15.6. The summed E-state index contributed by atoms with van der Waals surface area (Å²) in [6.07, 6.45) is 0. The van der Waals surface area contributed by atoms with Crippen molar-refractivity contribution in [1.29, 1.82) is 0 Å². The lowest BCUT2D eigenvalue weighted by atomic mass is 10.2. The Kier molecular flexibility index (Phi) is 4.75. The second-order valence-electron chi connectivity index (χ2n) is 4.51. The van der Waals surface area contributed by atoms with E-state index in [4.69, 9.17) is 0 Å². The molecule has 1 N–H and O–H groups in total. The Bertz CT molecular complexity index is 779. The van der Waals surface area contributed by atoms with Crippen LogP contribution in [0, 0.1) is 18.6 Å². The summed E-state index contributed by atoms with van der Waals surface area (Å²) in [7, 11) is -3.74. The van der Waals surface area contributed by atoms with Crippen LogP contribution < -0.4 is 4.72 Å². The molecule has 0 aromatic heterocycles. The zero-order valence-corrected chi connectivity index (χ0v) is 13.4. The second kappa shape index (κ2) is 6.21. The van der Waals surface area contributed by atoms with Gasteiger partial charge in [-0.05, 0) is 58.2 Å². The van der Waals surface area contributed by atoms with E-state index in [0.29, 0.717) is 10.0 Å². The maximum absolute atomic E-state index is 13.1. The second-order valence-corrected chi connectivity index (χ2v) is 7.10. The number of hydrogen-bond donors (Lipinski definition) is 1. The molecule has 0 saturated heterocycles. The first-order valence-corrected chi connectivity index (χ1v) is 8.27. The summed E-state index contributed by atoms with van der Waals surface area (Å²) in [5.41, 5.74) is 1.25. The highest BCUT2D eigenvalue weighted by atomic mass is 79.9. The van der Waals surface area contributed by atoms with Crippen molar-refractivity contribution < 1.29 is 17.2 Å². The van der Waals surface area contributed by atoms with E-state index in [1.54, 1.807) is 12.1 Å². The van der Waals surface area contributed by atoms with Crippen LogP contribution in [0.2, 0.25) is 0 Å². The van der Waals surface area contributed by atoms with Crippen LogP contribution >= 0.6 is 15.9 Å². The topological polar surface area (TPSA) is 46.2 Å². The number of halogens is 3. The summed E-state index contributed by atoms with van der Waals surface area (Å²) in [6.45, 7) is 1.72. The van der Waals surface area contributed by atoms with E-state index in [0.717, 1.165) is 17.7 Å². The molecular formula is C14H12BrF2NO2S. The Hall–Kier alpha value is -1.31. The van der Waals surface area contributed by atoms with Gasteiger partial charge in [-0.15, -0.1) is 0 Å². The average molecular weight is 376 g/mol. The molecule has 2 aromatic carbocycles. The molecule has 2 aromatic rings. The van der Waals surface area contributed by atoms with Crippen LogP contribution in [0.25, 0.3) is 0 Å². The molecule has 0 unspecified atom stereocenters. The fourth-order valence-electron chi connectivity index (χ4n) is 1.73. The Morgan fingerprint density at radius 2 is 1.81 bits per heavy atom. The van der Waals surface area contributed by atoms with Gasteiger partial charge in [-0.25, -0.2) is 21.9 Å². The van der Waals surface area contributed by atoms with Gasteiger partial charge in [0.2, 0.25) is 10.0 Å². The SMILES string of the molecule is Cc1ccc(S(=O)(=O)NCc2ccc(F)c(F)c2)c(Br)c1. The van der Waals surface area contributed by atoms with Gasteiger partial charge in [0.25, 0.3) is 0 Å². The minimum atomic E-state index is -3.74. The Morgan fingerprint density at radius 1 is 1.10 bits per heavy atom. The molecule has 112 valence electrons. The van der Waals surface area contributed by atoms with E-state index in [1.807, 2.05) is 6.92 Å². The zero-order valence-electron chi connectivity index (χ0n) is 11.0. The number of benzene rings is 2. The highest BCUT2D eigenvalue weighted by Gasteiger charge is 2.17. The maximum atomic E-state index is 13.1. The Balaban J connectivity index is 2.19. The predicted molar refractivity (Wildman–Crippen MR) is 79.3 cm³/mol. The molecule has 0 bridgehead atoms. The molecule has 0 aliphatic carbocycles. The van der Waals surface area contributed by atoms with E-state index in [1.165, 1.54) is 12.1 Å². The fraction of sp³-hybridized carbons (Fsp3) is 0.143. The third kappa shape index (κ3) is 3.87. The highest BCUT2D eigenvalue weighted by molar-refractivity contribution is 9.10. The van der Waals surface area contributed by atoms with Crippen molar-refractivity contribution >= 4 is 26.0 Å². The van der Waals surface area contributed by atoms with E-state index < -0.39 is 21.7 Å². The molecule has 0 aliphatic rings. The third-order valence-corrected chi connectivity index (χ3v) is 5.21. The lowest BCUT2D eigenvalue weighted by Gasteiger charge is -2.09.